The molecule has 0 saturated heterocycles. The van der Waals surface area contributed by atoms with Crippen molar-refractivity contribution in [3.63, 3.8) is 0 Å². The van der Waals surface area contributed by atoms with Gasteiger partial charge in [-0.1, -0.05) is 83.3 Å². The normalized spacial score (nSPS) is 11.6. The summed E-state index contributed by atoms with van der Waals surface area (Å²) in [6.07, 6.45) is 16.3. The van der Waals surface area contributed by atoms with Crippen molar-refractivity contribution in [2.45, 2.75) is 97.4 Å². The third kappa shape index (κ3) is 9.03. The van der Waals surface area contributed by atoms with Gasteiger partial charge in [-0.05, 0) is 38.1 Å². The van der Waals surface area contributed by atoms with Crippen molar-refractivity contribution in [3.05, 3.63) is 18.2 Å². The quantitative estimate of drug-likeness (QED) is 0.261. The molecule has 2 rings (SSSR count). The zero-order chi connectivity index (χ0) is 21.4. The van der Waals surface area contributed by atoms with Crippen LogP contribution in [0.1, 0.15) is 90.9 Å². The molecule has 1 aromatic carbocycles. The lowest BCUT2D eigenvalue weighted by Gasteiger charge is -2.22. The van der Waals surface area contributed by atoms with Gasteiger partial charge in [0.05, 0.1) is 19.2 Å². The van der Waals surface area contributed by atoms with E-state index in [-0.39, 0.29) is 0 Å². The summed E-state index contributed by atoms with van der Waals surface area (Å²) in [4.78, 5) is 2.65. The number of benzene rings is 1. The highest BCUT2D eigenvalue weighted by molar-refractivity contribution is 5.75. The monoisotopic (exact) mass is 416 g/mol. The van der Waals surface area contributed by atoms with E-state index in [1.807, 2.05) is 22.9 Å². The number of hydrogen-bond donors (Lipinski definition) is 0. The van der Waals surface area contributed by atoms with Crippen LogP contribution in [0.25, 0.3) is 11.0 Å². The van der Waals surface area contributed by atoms with E-state index in [4.69, 9.17) is 4.74 Å². The van der Waals surface area contributed by atoms with E-state index < -0.39 is 0 Å². The molecule has 0 aliphatic carbocycles. The van der Waals surface area contributed by atoms with Crippen molar-refractivity contribution in [3.8, 4) is 5.75 Å². The number of ether oxygens (including phenoxy) is 1. The third-order valence-electron chi connectivity index (χ3n) is 6.00. The molecule has 0 amide bonds. The number of unbranched alkanes of at least 4 members (excludes halogenated alkanes) is 10. The lowest BCUT2D eigenvalue weighted by molar-refractivity contribution is 0.247. The molecule has 0 atom stereocenters. The molecule has 1 heterocycles. The largest absolute Gasteiger partial charge is 0.497 e. The summed E-state index contributed by atoms with van der Waals surface area (Å²) in [5, 5.41) is 8.71. The maximum Gasteiger partial charge on any atom is 0.121 e. The van der Waals surface area contributed by atoms with Crippen LogP contribution in [0, 0.1) is 0 Å². The molecule has 170 valence electrons. The van der Waals surface area contributed by atoms with Crippen molar-refractivity contribution in [2.75, 3.05) is 26.7 Å². The Morgan fingerprint density at radius 2 is 1.40 bits per heavy atom. The van der Waals surface area contributed by atoms with E-state index in [0.29, 0.717) is 0 Å². The number of nitrogens with zero attached hydrogens (tertiary/aromatic N) is 4. The fraction of sp³-hybridized carbons (Fsp3) is 0.760. The van der Waals surface area contributed by atoms with Crippen LogP contribution in [0.2, 0.25) is 0 Å². The molecule has 0 bridgehead atoms. The predicted molar refractivity (Wildman–Crippen MR) is 127 cm³/mol. The molecular formula is C25H44N4O. The summed E-state index contributed by atoms with van der Waals surface area (Å²) in [5.41, 5.74) is 2.00. The summed E-state index contributed by atoms with van der Waals surface area (Å²) in [7, 11) is 1.71. The Labute approximate surface area is 184 Å². The zero-order valence-corrected chi connectivity index (χ0v) is 19.7. The van der Waals surface area contributed by atoms with Gasteiger partial charge in [0, 0.05) is 12.6 Å². The van der Waals surface area contributed by atoms with Gasteiger partial charge in [-0.25, -0.2) is 4.68 Å². The van der Waals surface area contributed by atoms with Crippen molar-refractivity contribution >= 4 is 11.0 Å². The van der Waals surface area contributed by atoms with E-state index in [1.165, 1.54) is 90.1 Å². The van der Waals surface area contributed by atoms with E-state index in [1.54, 1.807) is 7.11 Å². The van der Waals surface area contributed by atoms with E-state index in [9.17, 15) is 0 Å². The van der Waals surface area contributed by atoms with Crippen LogP contribution in [-0.2, 0) is 6.54 Å². The van der Waals surface area contributed by atoms with Gasteiger partial charge in [0.15, 0.2) is 0 Å². The summed E-state index contributed by atoms with van der Waals surface area (Å²) in [5.74, 6) is 0.863. The molecule has 0 aliphatic rings. The number of aromatic nitrogens is 3. The van der Waals surface area contributed by atoms with Crippen molar-refractivity contribution in [2.24, 2.45) is 0 Å². The minimum atomic E-state index is 0.863. The highest BCUT2D eigenvalue weighted by Gasteiger charge is 2.09. The average Bonchev–Trinajstić information content (AvgIpc) is 3.18. The van der Waals surface area contributed by atoms with E-state index in [0.717, 1.165) is 29.9 Å². The van der Waals surface area contributed by atoms with Crippen molar-refractivity contribution in [1.29, 1.82) is 0 Å². The number of fused-ring (bicyclic) bond motifs is 1. The van der Waals surface area contributed by atoms with Gasteiger partial charge in [0.1, 0.15) is 11.3 Å². The number of hydrogen-bond acceptors (Lipinski definition) is 4. The maximum absolute atomic E-state index is 5.38. The molecule has 0 unspecified atom stereocenters. The first-order valence-corrected chi connectivity index (χ1v) is 12.4. The van der Waals surface area contributed by atoms with Crippen molar-refractivity contribution in [1.82, 2.24) is 19.9 Å². The van der Waals surface area contributed by atoms with Gasteiger partial charge >= 0.3 is 0 Å². The molecule has 5 heteroatoms. The number of methoxy groups -OCH3 is 1. The molecular weight excluding hydrogens is 372 g/mol. The second-order valence-corrected chi connectivity index (χ2v) is 8.54. The summed E-state index contributed by atoms with van der Waals surface area (Å²) in [6, 6.07) is 5.98. The highest BCUT2D eigenvalue weighted by Crippen LogP contribution is 2.19. The molecule has 0 radical (unpaired) electrons. The minimum Gasteiger partial charge on any atom is -0.497 e. The van der Waals surface area contributed by atoms with Crippen LogP contribution in [-0.4, -0.2) is 46.6 Å². The first-order valence-electron chi connectivity index (χ1n) is 12.4. The second kappa shape index (κ2) is 15.2. The van der Waals surface area contributed by atoms with Crippen LogP contribution in [0.5, 0.6) is 5.75 Å². The topological polar surface area (TPSA) is 43.2 Å². The fourth-order valence-electron chi connectivity index (χ4n) is 4.04. The van der Waals surface area contributed by atoms with E-state index in [2.05, 4.69) is 29.1 Å². The van der Waals surface area contributed by atoms with Crippen LogP contribution >= 0.6 is 0 Å². The molecule has 0 N–H and O–H groups in total. The molecule has 1 aromatic heterocycles. The van der Waals surface area contributed by atoms with Crippen LogP contribution in [0.15, 0.2) is 18.2 Å². The zero-order valence-electron chi connectivity index (χ0n) is 19.7. The first-order chi connectivity index (χ1) is 14.8. The molecule has 30 heavy (non-hydrogen) atoms. The second-order valence-electron chi connectivity index (χ2n) is 8.54. The van der Waals surface area contributed by atoms with E-state index >= 15 is 0 Å². The van der Waals surface area contributed by atoms with Crippen LogP contribution < -0.4 is 4.74 Å². The molecule has 0 aliphatic heterocycles. The smallest absolute Gasteiger partial charge is 0.121 e. The van der Waals surface area contributed by atoms with Gasteiger partial charge in [-0.2, -0.15) is 0 Å². The van der Waals surface area contributed by atoms with Gasteiger partial charge in [-0.3, -0.25) is 0 Å². The van der Waals surface area contributed by atoms with Crippen molar-refractivity contribution < 1.29 is 4.74 Å². The van der Waals surface area contributed by atoms with Gasteiger partial charge in [0.25, 0.3) is 0 Å². The van der Waals surface area contributed by atoms with Gasteiger partial charge in [-0.15, -0.1) is 5.10 Å². The Bertz CT molecular complexity index is 669. The third-order valence-corrected chi connectivity index (χ3v) is 6.00. The Kier molecular flexibility index (Phi) is 12.5. The predicted octanol–water partition coefficient (Wildman–Crippen LogP) is 6.46. The highest BCUT2D eigenvalue weighted by atomic mass is 16.5. The minimum absolute atomic E-state index is 0.863. The SMILES string of the molecule is CCCCCCCCN(CCCCCCCC)CCn1nnc2ccc(OC)cc21. The molecule has 5 nitrogen and oxygen atoms in total. The Balaban J connectivity index is 1.83. The Morgan fingerprint density at radius 1 is 0.800 bits per heavy atom. The van der Waals surface area contributed by atoms with Crippen LogP contribution in [0.3, 0.4) is 0 Å². The molecule has 2 aromatic rings. The van der Waals surface area contributed by atoms with Gasteiger partial charge in [0.2, 0.25) is 0 Å². The summed E-state index contributed by atoms with van der Waals surface area (Å²) >= 11 is 0. The Hall–Kier alpha value is -1.62. The molecule has 0 spiro atoms. The Morgan fingerprint density at radius 3 is 2.00 bits per heavy atom. The van der Waals surface area contributed by atoms with Gasteiger partial charge < -0.3 is 9.64 Å². The van der Waals surface area contributed by atoms with Crippen LogP contribution in [0.4, 0.5) is 0 Å². The summed E-state index contributed by atoms with van der Waals surface area (Å²) in [6.45, 7) is 8.90. The lowest BCUT2D eigenvalue weighted by atomic mass is 10.1. The first kappa shape index (κ1) is 24.6. The molecule has 0 saturated carbocycles. The number of rotatable bonds is 18. The average molecular weight is 417 g/mol. The maximum atomic E-state index is 5.38. The molecule has 0 fully saturated rings. The summed E-state index contributed by atoms with van der Waals surface area (Å²) < 4.78 is 7.41. The lowest BCUT2D eigenvalue weighted by Crippen LogP contribution is -2.30. The fourth-order valence-corrected chi connectivity index (χ4v) is 4.04. The standard InChI is InChI=1S/C25H44N4O/c1-4-6-8-10-12-14-18-28(19-15-13-11-9-7-5-2)20-21-29-25-22-23(30-3)16-17-24(25)26-27-29/h16-17,22H,4-15,18-21H2,1-3H3.